The summed E-state index contributed by atoms with van der Waals surface area (Å²) in [6, 6.07) is 6.21. The highest BCUT2D eigenvalue weighted by Gasteiger charge is 2.16. The predicted molar refractivity (Wildman–Crippen MR) is 106 cm³/mol. The monoisotopic (exact) mass is 356 g/mol. The Morgan fingerprint density at radius 1 is 1.35 bits per heavy atom. The van der Waals surface area contributed by atoms with E-state index in [-0.39, 0.29) is 18.4 Å². The van der Waals surface area contributed by atoms with Crippen LogP contribution in [0.3, 0.4) is 0 Å². The summed E-state index contributed by atoms with van der Waals surface area (Å²) in [5.74, 6) is 0.496. The van der Waals surface area contributed by atoms with Gasteiger partial charge in [-0.15, -0.1) is 0 Å². The SMILES string of the molecule is CCCOC1=CC(=Nc2ccc(C(C)NCCO)cc2C)C(N)=CC1=N. The van der Waals surface area contributed by atoms with Crippen molar-refractivity contribution in [3.8, 4) is 0 Å². The summed E-state index contributed by atoms with van der Waals surface area (Å²) in [6.45, 7) is 7.32. The highest BCUT2D eigenvalue weighted by Crippen LogP contribution is 2.25. The first-order valence-corrected chi connectivity index (χ1v) is 8.90. The average Bonchev–Trinajstić information content (AvgIpc) is 2.62. The molecular formula is C20H28N4O2. The van der Waals surface area contributed by atoms with Crippen LogP contribution in [0.4, 0.5) is 5.69 Å². The van der Waals surface area contributed by atoms with Gasteiger partial charge in [0.25, 0.3) is 0 Å². The first-order valence-electron chi connectivity index (χ1n) is 8.90. The second-order valence-electron chi connectivity index (χ2n) is 6.31. The van der Waals surface area contributed by atoms with Gasteiger partial charge in [-0.1, -0.05) is 19.1 Å². The van der Waals surface area contributed by atoms with Crippen molar-refractivity contribution < 1.29 is 9.84 Å². The number of nitrogens with zero attached hydrogens (tertiary/aromatic N) is 1. The number of hydrogen-bond donors (Lipinski definition) is 4. The van der Waals surface area contributed by atoms with Crippen LogP contribution < -0.4 is 11.1 Å². The minimum absolute atomic E-state index is 0.116. The van der Waals surface area contributed by atoms with E-state index in [4.69, 9.17) is 21.0 Å². The first-order chi connectivity index (χ1) is 12.5. The molecule has 0 aromatic heterocycles. The number of hydrogen-bond acceptors (Lipinski definition) is 6. The number of nitrogens with one attached hydrogen (secondary N) is 2. The number of nitrogens with two attached hydrogens (primary N) is 1. The Balaban J connectivity index is 2.26. The van der Waals surface area contributed by atoms with Gasteiger partial charge in [0.15, 0.2) is 0 Å². The van der Waals surface area contributed by atoms with Crippen LogP contribution in [0, 0.1) is 12.3 Å². The maximum absolute atomic E-state index is 8.93. The second-order valence-corrected chi connectivity index (χ2v) is 6.31. The van der Waals surface area contributed by atoms with Crippen molar-refractivity contribution in [2.24, 2.45) is 10.7 Å². The van der Waals surface area contributed by atoms with Crippen LogP contribution in [0.2, 0.25) is 0 Å². The number of allylic oxidation sites excluding steroid dienone is 2. The number of aliphatic hydroxyl groups excluding tert-OH is 1. The lowest BCUT2D eigenvalue weighted by Gasteiger charge is -2.16. The van der Waals surface area contributed by atoms with E-state index in [0.717, 1.165) is 23.2 Å². The zero-order chi connectivity index (χ0) is 19.1. The predicted octanol–water partition coefficient (Wildman–Crippen LogP) is 2.90. The minimum atomic E-state index is 0.116. The summed E-state index contributed by atoms with van der Waals surface area (Å²) in [7, 11) is 0. The van der Waals surface area contributed by atoms with Gasteiger partial charge in [-0.25, -0.2) is 4.99 Å². The van der Waals surface area contributed by atoms with E-state index >= 15 is 0 Å². The van der Waals surface area contributed by atoms with Crippen molar-refractivity contribution in [1.29, 1.82) is 5.41 Å². The molecule has 6 nitrogen and oxygen atoms in total. The number of ether oxygens (including phenoxy) is 1. The molecule has 1 aliphatic carbocycles. The van der Waals surface area contributed by atoms with Gasteiger partial charge in [-0.3, -0.25) is 5.41 Å². The van der Waals surface area contributed by atoms with Crippen molar-refractivity contribution >= 4 is 17.1 Å². The van der Waals surface area contributed by atoms with Gasteiger partial charge in [0, 0.05) is 18.7 Å². The maximum Gasteiger partial charge on any atom is 0.146 e. The number of rotatable bonds is 8. The molecule has 1 aromatic rings. The molecule has 0 bridgehead atoms. The lowest BCUT2D eigenvalue weighted by atomic mass is 10.0. The molecule has 140 valence electrons. The van der Waals surface area contributed by atoms with Crippen LogP contribution in [0.1, 0.15) is 37.4 Å². The highest BCUT2D eigenvalue weighted by molar-refractivity contribution is 6.22. The Morgan fingerprint density at radius 3 is 2.77 bits per heavy atom. The summed E-state index contributed by atoms with van der Waals surface area (Å²) in [4.78, 5) is 4.66. The van der Waals surface area contributed by atoms with E-state index in [9.17, 15) is 0 Å². The molecule has 6 heteroatoms. The fourth-order valence-corrected chi connectivity index (χ4v) is 2.62. The van der Waals surface area contributed by atoms with Gasteiger partial charge in [-0.2, -0.15) is 0 Å². The summed E-state index contributed by atoms with van der Waals surface area (Å²) >= 11 is 0. The molecule has 0 spiro atoms. The van der Waals surface area contributed by atoms with Crippen LogP contribution >= 0.6 is 0 Å². The van der Waals surface area contributed by atoms with Crippen molar-refractivity contribution in [3.05, 3.63) is 52.9 Å². The molecule has 0 heterocycles. The Bertz CT molecular complexity index is 750. The first kappa shape index (κ1) is 19.9. The van der Waals surface area contributed by atoms with E-state index in [0.29, 0.717) is 30.3 Å². The van der Waals surface area contributed by atoms with Crippen LogP contribution in [0.25, 0.3) is 0 Å². The van der Waals surface area contributed by atoms with Crippen LogP contribution in [0.15, 0.2) is 46.8 Å². The van der Waals surface area contributed by atoms with E-state index < -0.39 is 0 Å². The zero-order valence-corrected chi connectivity index (χ0v) is 15.7. The molecule has 2 rings (SSSR count). The summed E-state index contributed by atoms with van der Waals surface area (Å²) in [5.41, 5.74) is 10.4. The van der Waals surface area contributed by atoms with Gasteiger partial charge >= 0.3 is 0 Å². The molecule has 0 amide bonds. The third kappa shape index (κ3) is 5.03. The molecular weight excluding hydrogens is 328 g/mol. The quantitative estimate of drug-likeness (QED) is 0.538. The topological polar surface area (TPSA) is 104 Å². The molecule has 5 N–H and O–H groups in total. The van der Waals surface area contributed by atoms with Gasteiger partial charge in [-0.05, 0) is 43.5 Å². The van der Waals surface area contributed by atoms with E-state index in [1.54, 1.807) is 12.2 Å². The largest absolute Gasteiger partial charge is 0.491 e. The van der Waals surface area contributed by atoms with Gasteiger partial charge in [0.05, 0.1) is 36.0 Å². The molecule has 1 unspecified atom stereocenters. The summed E-state index contributed by atoms with van der Waals surface area (Å²) < 4.78 is 5.61. The van der Waals surface area contributed by atoms with E-state index in [1.807, 2.05) is 26.0 Å². The fourth-order valence-electron chi connectivity index (χ4n) is 2.62. The maximum atomic E-state index is 8.93. The molecule has 1 aromatic carbocycles. The van der Waals surface area contributed by atoms with Gasteiger partial charge in [0.1, 0.15) is 5.76 Å². The molecule has 1 atom stereocenters. The smallest absolute Gasteiger partial charge is 0.146 e. The van der Waals surface area contributed by atoms with Crippen molar-refractivity contribution in [1.82, 2.24) is 5.32 Å². The number of aliphatic imine (C=N–C) groups is 1. The normalized spacial score (nSPS) is 17.1. The average molecular weight is 356 g/mol. The Labute approximate surface area is 155 Å². The molecule has 0 saturated carbocycles. The number of aryl methyl sites for hydroxylation is 1. The van der Waals surface area contributed by atoms with Crippen LogP contribution in [-0.2, 0) is 4.74 Å². The van der Waals surface area contributed by atoms with E-state index in [2.05, 4.69) is 23.3 Å². The number of benzene rings is 1. The van der Waals surface area contributed by atoms with Crippen molar-refractivity contribution in [2.75, 3.05) is 19.8 Å². The third-order valence-corrected chi connectivity index (χ3v) is 4.11. The Hall–Kier alpha value is -2.44. The third-order valence-electron chi connectivity index (χ3n) is 4.11. The molecule has 0 aliphatic heterocycles. The summed E-state index contributed by atoms with van der Waals surface area (Å²) in [5, 5.41) is 20.2. The Morgan fingerprint density at radius 2 is 2.12 bits per heavy atom. The summed E-state index contributed by atoms with van der Waals surface area (Å²) in [6.07, 6.45) is 4.18. The highest BCUT2D eigenvalue weighted by atomic mass is 16.5. The van der Waals surface area contributed by atoms with Crippen molar-refractivity contribution in [3.63, 3.8) is 0 Å². The van der Waals surface area contributed by atoms with Gasteiger partial charge in [0.2, 0.25) is 0 Å². The lowest BCUT2D eigenvalue weighted by Crippen LogP contribution is -2.22. The van der Waals surface area contributed by atoms with Crippen molar-refractivity contribution in [2.45, 2.75) is 33.2 Å². The molecule has 0 saturated heterocycles. The zero-order valence-electron chi connectivity index (χ0n) is 15.7. The van der Waals surface area contributed by atoms with E-state index in [1.165, 1.54) is 0 Å². The fraction of sp³-hybridized carbons (Fsp3) is 0.400. The van der Waals surface area contributed by atoms with Crippen LogP contribution in [-0.4, -0.2) is 36.3 Å². The molecule has 0 fully saturated rings. The molecule has 1 aliphatic rings. The second kappa shape index (κ2) is 9.31. The minimum Gasteiger partial charge on any atom is -0.491 e. The number of aliphatic hydroxyl groups is 1. The Kier molecular flexibility index (Phi) is 7.12. The van der Waals surface area contributed by atoms with Gasteiger partial charge < -0.3 is 20.9 Å². The standard InChI is InChI=1S/C20H28N4O2/c1-4-9-26-20-12-19(16(21)11-17(20)22)24-18-6-5-15(10-13(18)2)14(3)23-7-8-25/h5-6,10-12,14,22-23,25H,4,7-9,21H2,1-3H3. The molecule has 26 heavy (non-hydrogen) atoms. The lowest BCUT2D eigenvalue weighted by molar-refractivity contribution is 0.231. The molecule has 0 radical (unpaired) electrons. The van der Waals surface area contributed by atoms with Crippen LogP contribution in [0.5, 0.6) is 0 Å².